The number of piperazine rings is 1. The summed E-state index contributed by atoms with van der Waals surface area (Å²) < 4.78 is 14.3. The summed E-state index contributed by atoms with van der Waals surface area (Å²) in [5.74, 6) is -0.108. The Hall–Kier alpha value is -1.13. The topological polar surface area (TPSA) is 32.5 Å². The maximum absolute atomic E-state index is 14.3. The molecule has 3 rings (SSSR count). The van der Waals surface area contributed by atoms with Gasteiger partial charge in [-0.2, -0.15) is 0 Å². The van der Waals surface area contributed by atoms with Gasteiger partial charge in [-0.05, 0) is 43.9 Å². The van der Waals surface area contributed by atoms with Crippen molar-refractivity contribution in [2.75, 3.05) is 31.1 Å². The molecule has 20 heavy (non-hydrogen) atoms. The zero-order valence-electron chi connectivity index (χ0n) is 12.2. The van der Waals surface area contributed by atoms with Gasteiger partial charge in [0.05, 0.1) is 5.69 Å². The Morgan fingerprint density at radius 1 is 1.25 bits per heavy atom. The Morgan fingerprint density at radius 2 is 1.95 bits per heavy atom. The molecule has 0 spiro atoms. The quantitative estimate of drug-likeness (QED) is 0.913. The maximum atomic E-state index is 14.3. The lowest BCUT2D eigenvalue weighted by Crippen LogP contribution is -2.47. The number of benzene rings is 1. The number of anilines is 1. The molecule has 1 aliphatic carbocycles. The molecule has 1 saturated carbocycles. The summed E-state index contributed by atoms with van der Waals surface area (Å²) in [5.41, 5.74) is 7.49. The van der Waals surface area contributed by atoms with Crippen molar-refractivity contribution in [3.05, 3.63) is 29.6 Å². The number of nitrogens with zero attached hydrogens (tertiary/aromatic N) is 2. The molecule has 0 bridgehead atoms. The first kappa shape index (κ1) is 13.8. The van der Waals surface area contributed by atoms with Crippen molar-refractivity contribution in [1.82, 2.24) is 4.90 Å². The smallest absolute Gasteiger partial charge is 0.146 e. The van der Waals surface area contributed by atoms with Gasteiger partial charge in [0.15, 0.2) is 0 Å². The first-order valence-corrected chi connectivity index (χ1v) is 7.66. The van der Waals surface area contributed by atoms with E-state index in [-0.39, 0.29) is 11.9 Å². The van der Waals surface area contributed by atoms with E-state index in [2.05, 4.69) is 9.80 Å². The molecule has 1 saturated heterocycles. The number of rotatable bonds is 4. The summed E-state index contributed by atoms with van der Waals surface area (Å²) in [4.78, 5) is 4.71. The van der Waals surface area contributed by atoms with E-state index in [1.165, 1.54) is 12.8 Å². The van der Waals surface area contributed by atoms with Gasteiger partial charge < -0.3 is 10.6 Å². The van der Waals surface area contributed by atoms with E-state index in [4.69, 9.17) is 5.73 Å². The summed E-state index contributed by atoms with van der Waals surface area (Å²) >= 11 is 0. The molecule has 0 aromatic heterocycles. The average molecular weight is 277 g/mol. The molecule has 0 radical (unpaired) electrons. The second-order valence-corrected chi connectivity index (χ2v) is 6.22. The van der Waals surface area contributed by atoms with Crippen LogP contribution in [0, 0.1) is 5.82 Å². The monoisotopic (exact) mass is 277 g/mol. The number of hydrogen-bond donors (Lipinski definition) is 1. The van der Waals surface area contributed by atoms with Gasteiger partial charge >= 0.3 is 0 Å². The minimum absolute atomic E-state index is 0.0716. The molecule has 1 aliphatic heterocycles. The second-order valence-electron chi connectivity index (χ2n) is 6.22. The third-order valence-electron chi connectivity index (χ3n) is 4.29. The molecule has 1 aromatic carbocycles. The van der Waals surface area contributed by atoms with E-state index in [0.717, 1.165) is 49.9 Å². The van der Waals surface area contributed by atoms with Crippen LogP contribution in [-0.4, -0.2) is 43.2 Å². The fourth-order valence-electron chi connectivity index (χ4n) is 3.07. The molecule has 1 heterocycles. The van der Waals surface area contributed by atoms with E-state index >= 15 is 0 Å². The zero-order chi connectivity index (χ0) is 14.1. The van der Waals surface area contributed by atoms with Crippen molar-refractivity contribution in [2.24, 2.45) is 5.73 Å². The highest BCUT2D eigenvalue weighted by atomic mass is 19.1. The average Bonchev–Trinajstić information content (AvgIpc) is 3.23. The largest absolute Gasteiger partial charge is 0.367 e. The first-order valence-electron chi connectivity index (χ1n) is 7.66. The van der Waals surface area contributed by atoms with Crippen LogP contribution in [0.1, 0.15) is 25.3 Å². The molecular weight excluding hydrogens is 253 g/mol. The van der Waals surface area contributed by atoms with Gasteiger partial charge in [0.2, 0.25) is 0 Å². The van der Waals surface area contributed by atoms with Crippen LogP contribution in [0.5, 0.6) is 0 Å². The van der Waals surface area contributed by atoms with Gasteiger partial charge in [0.25, 0.3) is 0 Å². The highest BCUT2D eigenvalue weighted by Crippen LogP contribution is 2.29. The number of hydrogen-bond acceptors (Lipinski definition) is 3. The summed E-state index contributed by atoms with van der Waals surface area (Å²) in [6.07, 6.45) is 3.42. The lowest BCUT2D eigenvalue weighted by atomic mass is 10.1. The molecular formula is C16H24FN3. The number of halogens is 1. The van der Waals surface area contributed by atoms with Crippen LogP contribution in [0.4, 0.5) is 10.1 Å². The minimum atomic E-state index is -0.108. The highest BCUT2D eigenvalue weighted by Gasteiger charge is 2.31. The third-order valence-corrected chi connectivity index (χ3v) is 4.29. The van der Waals surface area contributed by atoms with Crippen LogP contribution < -0.4 is 10.6 Å². The molecule has 2 fully saturated rings. The van der Waals surface area contributed by atoms with Gasteiger partial charge in [-0.1, -0.05) is 6.07 Å². The van der Waals surface area contributed by atoms with E-state index in [0.29, 0.717) is 0 Å². The van der Waals surface area contributed by atoms with Crippen molar-refractivity contribution in [2.45, 2.75) is 38.3 Å². The fourth-order valence-corrected chi connectivity index (χ4v) is 3.07. The van der Waals surface area contributed by atoms with E-state index in [1.807, 2.05) is 19.1 Å². The van der Waals surface area contributed by atoms with Crippen molar-refractivity contribution < 1.29 is 4.39 Å². The van der Waals surface area contributed by atoms with Crippen LogP contribution in [0.2, 0.25) is 0 Å². The zero-order valence-corrected chi connectivity index (χ0v) is 12.2. The van der Waals surface area contributed by atoms with Crippen LogP contribution in [0.3, 0.4) is 0 Å². The van der Waals surface area contributed by atoms with Crippen molar-refractivity contribution >= 4 is 5.69 Å². The Balaban J connectivity index is 1.64. The predicted molar refractivity (Wildman–Crippen MR) is 80.6 cm³/mol. The Bertz CT molecular complexity index is 463. The normalized spacial score (nSPS) is 22.1. The van der Waals surface area contributed by atoms with Crippen molar-refractivity contribution in [3.8, 4) is 0 Å². The lowest BCUT2D eigenvalue weighted by molar-refractivity contribution is 0.247. The molecule has 110 valence electrons. The van der Waals surface area contributed by atoms with Crippen LogP contribution in [0.25, 0.3) is 0 Å². The van der Waals surface area contributed by atoms with Crippen molar-refractivity contribution in [1.29, 1.82) is 0 Å². The summed E-state index contributed by atoms with van der Waals surface area (Å²) in [7, 11) is 0. The van der Waals surface area contributed by atoms with Crippen molar-refractivity contribution in [3.63, 3.8) is 0 Å². The van der Waals surface area contributed by atoms with E-state index in [9.17, 15) is 4.39 Å². The molecule has 3 nitrogen and oxygen atoms in total. The molecule has 0 amide bonds. The summed E-state index contributed by atoms with van der Waals surface area (Å²) in [6, 6.07) is 6.46. The van der Waals surface area contributed by atoms with Gasteiger partial charge in [0, 0.05) is 38.3 Å². The predicted octanol–water partition coefficient (Wildman–Crippen LogP) is 2.00. The Labute approximate surface area is 120 Å². The SMILES string of the molecule is CC(N)Cc1ccc(N2CCN(C3CC3)CC2)c(F)c1. The molecule has 1 atom stereocenters. The van der Waals surface area contributed by atoms with Gasteiger partial charge in [-0.15, -0.1) is 0 Å². The fraction of sp³-hybridized carbons (Fsp3) is 0.625. The standard InChI is InChI=1S/C16H24FN3/c1-12(18)10-13-2-5-16(15(17)11-13)20-8-6-19(7-9-20)14-3-4-14/h2,5,11-12,14H,3-4,6-10,18H2,1H3. The maximum Gasteiger partial charge on any atom is 0.146 e. The summed E-state index contributed by atoms with van der Waals surface area (Å²) in [6.45, 7) is 5.93. The molecule has 4 heteroatoms. The molecule has 1 aromatic rings. The van der Waals surface area contributed by atoms with Crippen LogP contribution >= 0.6 is 0 Å². The molecule has 2 N–H and O–H groups in total. The van der Waals surface area contributed by atoms with Crippen LogP contribution in [-0.2, 0) is 6.42 Å². The van der Waals surface area contributed by atoms with E-state index in [1.54, 1.807) is 6.07 Å². The van der Waals surface area contributed by atoms with Gasteiger partial charge in [-0.3, -0.25) is 4.90 Å². The summed E-state index contributed by atoms with van der Waals surface area (Å²) in [5, 5.41) is 0. The number of nitrogens with two attached hydrogens (primary N) is 1. The van der Waals surface area contributed by atoms with Gasteiger partial charge in [-0.25, -0.2) is 4.39 Å². The third kappa shape index (κ3) is 3.13. The highest BCUT2D eigenvalue weighted by molar-refractivity contribution is 5.49. The Kier molecular flexibility index (Phi) is 3.94. The molecule has 1 unspecified atom stereocenters. The molecule has 2 aliphatic rings. The Morgan fingerprint density at radius 3 is 2.50 bits per heavy atom. The van der Waals surface area contributed by atoms with E-state index < -0.39 is 0 Å². The second kappa shape index (κ2) is 5.70. The lowest BCUT2D eigenvalue weighted by Gasteiger charge is -2.36. The van der Waals surface area contributed by atoms with Crippen LogP contribution in [0.15, 0.2) is 18.2 Å². The first-order chi connectivity index (χ1) is 9.63. The van der Waals surface area contributed by atoms with Gasteiger partial charge in [0.1, 0.15) is 5.82 Å². The minimum Gasteiger partial charge on any atom is -0.367 e.